The zero-order chi connectivity index (χ0) is 21.5. The number of hydrogen-bond acceptors (Lipinski definition) is 4. The quantitative estimate of drug-likeness (QED) is 0.617. The average molecular weight is 421 g/mol. The first-order valence-corrected chi connectivity index (χ1v) is 10.3. The lowest BCUT2D eigenvalue weighted by Crippen LogP contribution is -2.27. The number of carbonyl (C=O) groups excluding carboxylic acids is 1. The van der Waals surface area contributed by atoms with Crippen molar-refractivity contribution in [3.8, 4) is 11.4 Å². The minimum absolute atomic E-state index is 0.0915. The molecule has 5 rings (SSSR count). The van der Waals surface area contributed by atoms with Crippen LogP contribution in [0.1, 0.15) is 42.0 Å². The molecule has 0 unspecified atom stereocenters. The molecule has 0 radical (unpaired) electrons. The van der Waals surface area contributed by atoms with Crippen LogP contribution in [0.2, 0.25) is 0 Å². The molecule has 5 nitrogen and oxygen atoms in total. The second-order valence-electron chi connectivity index (χ2n) is 7.77. The maximum absolute atomic E-state index is 13.0. The smallest absolute Gasteiger partial charge is 0.387 e. The van der Waals surface area contributed by atoms with Crippen LogP contribution in [-0.2, 0) is 4.79 Å². The number of alkyl halides is 2. The topological polar surface area (TPSA) is 56.2 Å². The molecular weight excluding hydrogens is 400 g/mol. The Kier molecular flexibility index (Phi) is 4.81. The third-order valence-electron chi connectivity index (χ3n) is 5.85. The molecule has 0 amide bonds. The number of halogens is 2. The highest BCUT2D eigenvalue weighted by atomic mass is 19.3. The van der Waals surface area contributed by atoms with Crippen molar-refractivity contribution in [2.24, 2.45) is 0 Å². The van der Waals surface area contributed by atoms with E-state index >= 15 is 0 Å². The Hall–Kier alpha value is -3.48. The number of nitrogens with zero attached hydrogens (tertiary/aromatic N) is 2. The summed E-state index contributed by atoms with van der Waals surface area (Å²) in [6, 6.07) is 16.4. The molecule has 158 valence electrons. The van der Waals surface area contributed by atoms with Gasteiger partial charge in [0.15, 0.2) is 5.78 Å². The van der Waals surface area contributed by atoms with Gasteiger partial charge in [-0.3, -0.25) is 4.79 Å². The molecule has 2 aliphatic rings. The number of aryl methyl sites for hydroxylation is 1. The van der Waals surface area contributed by atoms with Crippen LogP contribution in [0, 0.1) is 6.92 Å². The highest BCUT2D eigenvalue weighted by Crippen LogP contribution is 2.47. The molecule has 1 aliphatic carbocycles. The minimum Gasteiger partial charge on any atom is -0.435 e. The monoisotopic (exact) mass is 421 g/mol. The van der Waals surface area contributed by atoms with Crippen LogP contribution in [0.15, 0.2) is 65.9 Å². The summed E-state index contributed by atoms with van der Waals surface area (Å²) in [5.41, 5.74) is 5.18. The summed E-state index contributed by atoms with van der Waals surface area (Å²) in [6.45, 7) is -0.947. The standard InChI is InChI=1S/C24H21F2N3O2/c1-14-20-21(15-10-12-17(13-11-15)31-24(25)26)22-18(8-5-9-19(22)30)27-23(20)29(28-14)16-6-3-2-4-7-16/h2-4,6-7,10-13,21,24,27H,5,8-9H2,1H3/t21-/m1/s1. The maximum Gasteiger partial charge on any atom is 0.387 e. The lowest BCUT2D eigenvalue weighted by molar-refractivity contribution is -0.116. The predicted octanol–water partition coefficient (Wildman–Crippen LogP) is 5.35. The van der Waals surface area contributed by atoms with Crippen LogP contribution in [0.4, 0.5) is 14.6 Å². The summed E-state index contributed by atoms with van der Waals surface area (Å²) < 4.78 is 31.5. The van der Waals surface area contributed by atoms with Crippen molar-refractivity contribution < 1.29 is 18.3 Å². The number of fused-ring (bicyclic) bond motifs is 1. The Morgan fingerprint density at radius 3 is 2.55 bits per heavy atom. The van der Waals surface area contributed by atoms with E-state index in [1.807, 2.05) is 41.9 Å². The molecule has 2 aromatic carbocycles. The first kappa shape index (κ1) is 19.5. The third kappa shape index (κ3) is 3.40. The van der Waals surface area contributed by atoms with Gasteiger partial charge in [0.1, 0.15) is 11.6 Å². The summed E-state index contributed by atoms with van der Waals surface area (Å²) in [4.78, 5) is 13.0. The molecule has 0 saturated carbocycles. The summed E-state index contributed by atoms with van der Waals surface area (Å²) in [6.07, 6.45) is 2.08. The lowest BCUT2D eigenvalue weighted by atomic mass is 9.76. The van der Waals surface area contributed by atoms with Gasteiger partial charge in [0.25, 0.3) is 0 Å². The fourth-order valence-electron chi connectivity index (χ4n) is 4.55. The molecule has 0 saturated heterocycles. The number of rotatable bonds is 4. The van der Waals surface area contributed by atoms with E-state index in [4.69, 9.17) is 5.10 Å². The zero-order valence-electron chi connectivity index (χ0n) is 16.9. The molecule has 1 N–H and O–H groups in total. The summed E-state index contributed by atoms with van der Waals surface area (Å²) in [5.74, 6) is 0.741. The number of ether oxygens (including phenoxy) is 1. The van der Waals surface area contributed by atoms with E-state index in [1.54, 1.807) is 12.1 Å². The van der Waals surface area contributed by atoms with Gasteiger partial charge >= 0.3 is 6.61 Å². The first-order valence-electron chi connectivity index (χ1n) is 10.3. The summed E-state index contributed by atoms with van der Waals surface area (Å²) >= 11 is 0. The van der Waals surface area contributed by atoms with Crippen LogP contribution >= 0.6 is 0 Å². The SMILES string of the molecule is Cc1nn(-c2ccccc2)c2c1[C@@H](c1ccc(OC(F)F)cc1)C1=C(CCCC1=O)N2. The van der Waals surface area contributed by atoms with Gasteiger partial charge in [-0.2, -0.15) is 13.9 Å². The van der Waals surface area contributed by atoms with Gasteiger partial charge < -0.3 is 10.1 Å². The van der Waals surface area contributed by atoms with Crippen molar-refractivity contribution >= 4 is 11.6 Å². The van der Waals surface area contributed by atoms with E-state index < -0.39 is 6.61 Å². The van der Waals surface area contributed by atoms with E-state index in [0.29, 0.717) is 6.42 Å². The number of para-hydroxylation sites is 1. The van der Waals surface area contributed by atoms with Gasteiger partial charge in [-0.15, -0.1) is 0 Å². The molecule has 0 fully saturated rings. The number of ketones is 1. The van der Waals surface area contributed by atoms with E-state index in [2.05, 4.69) is 10.1 Å². The molecule has 3 aromatic rings. The largest absolute Gasteiger partial charge is 0.435 e. The van der Waals surface area contributed by atoms with Crippen LogP contribution in [-0.4, -0.2) is 22.2 Å². The van der Waals surface area contributed by atoms with Gasteiger partial charge in [-0.25, -0.2) is 4.68 Å². The third-order valence-corrected chi connectivity index (χ3v) is 5.85. The van der Waals surface area contributed by atoms with Crippen molar-refractivity contribution in [1.29, 1.82) is 0 Å². The predicted molar refractivity (Wildman–Crippen MR) is 113 cm³/mol. The number of Topliss-reactive ketones (excluding diaryl/α,β-unsaturated/α-hetero) is 1. The highest BCUT2D eigenvalue weighted by molar-refractivity contribution is 6.01. The van der Waals surface area contributed by atoms with Crippen LogP contribution in [0.5, 0.6) is 5.75 Å². The fourth-order valence-corrected chi connectivity index (χ4v) is 4.55. The lowest BCUT2D eigenvalue weighted by Gasteiger charge is -2.33. The molecule has 1 aliphatic heterocycles. The molecule has 1 aromatic heterocycles. The fraction of sp³-hybridized carbons (Fsp3) is 0.250. The van der Waals surface area contributed by atoms with Gasteiger partial charge in [0.2, 0.25) is 0 Å². The maximum atomic E-state index is 13.0. The Balaban J connectivity index is 1.67. The Labute approximate surface area is 178 Å². The number of nitrogens with one attached hydrogen (secondary N) is 1. The Bertz CT molecular complexity index is 1170. The highest BCUT2D eigenvalue weighted by Gasteiger charge is 2.38. The minimum atomic E-state index is -2.88. The summed E-state index contributed by atoms with van der Waals surface area (Å²) in [5, 5.41) is 8.26. The van der Waals surface area contributed by atoms with Gasteiger partial charge in [-0.1, -0.05) is 30.3 Å². The number of benzene rings is 2. The molecular formula is C24H21F2N3O2. The van der Waals surface area contributed by atoms with Gasteiger partial charge in [0, 0.05) is 29.2 Å². The number of allylic oxidation sites excluding steroid dienone is 2. The van der Waals surface area contributed by atoms with Gasteiger partial charge in [0.05, 0.1) is 11.4 Å². The second-order valence-corrected chi connectivity index (χ2v) is 7.77. The molecule has 1 atom stereocenters. The number of carbonyl (C=O) groups is 1. The molecule has 0 spiro atoms. The Morgan fingerprint density at radius 2 is 1.84 bits per heavy atom. The first-order chi connectivity index (χ1) is 15.0. The number of hydrogen-bond donors (Lipinski definition) is 1. The van der Waals surface area contributed by atoms with Crippen molar-refractivity contribution in [2.45, 2.75) is 38.7 Å². The van der Waals surface area contributed by atoms with Crippen molar-refractivity contribution in [1.82, 2.24) is 9.78 Å². The van der Waals surface area contributed by atoms with Crippen LogP contribution < -0.4 is 10.1 Å². The summed E-state index contributed by atoms with van der Waals surface area (Å²) in [7, 11) is 0. The average Bonchev–Trinajstić information content (AvgIpc) is 3.10. The van der Waals surface area contributed by atoms with E-state index in [-0.39, 0.29) is 17.5 Å². The van der Waals surface area contributed by atoms with Crippen LogP contribution in [0.3, 0.4) is 0 Å². The molecule has 7 heteroatoms. The van der Waals surface area contributed by atoms with E-state index in [9.17, 15) is 13.6 Å². The van der Waals surface area contributed by atoms with Gasteiger partial charge in [-0.05, 0) is 49.6 Å². The number of anilines is 1. The van der Waals surface area contributed by atoms with E-state index in [0.717, 1.165) is 52.4 Å². The van der Waals surface area contributed by atoms with Crippen molar-refractivity contribution in [3.63, 3.8) is 0 Å². The molecule has 0 bridgehead atoms. The van der Waals surface area contributed by atoms with E-state index in [1.165, 1.54) is 12.1 Å². The van der Waals surface area contributed by atoms with Crippen molar-refractivity contribution in [3.05, 3.63) is 82.7 Å². The number of aromatic nitrogens is 2. The molecule has 2 heterocycles. The Morgan fingerprint density at radius 1 is 1.10 bits per heavy atom. The molecule has 31 heavy (non-hydrogen) atoms. The zero-order valence-corrected chi connectivity index (χ0v) is 16.9. The second kappa shape index (κ2) is 7.65. The normalized spacial score (nSPS) is 17.9. The van der Waals surface area contributed by atoms with Crippen molar-refractivity contribution in [2.75, 3.05) is 5.32 Å². The van der Waals surface area contributed by atoms with Crippen LogP contribution in [0.25, 0.3) is 5.69 Å².